The Hall–Kier alpha value is -1.91. The number of carbonyl (C=O) groups is 1. The van der Waals surface area contributed by atoms with Gasteiger partial charge in [0, 0.05) is 0 Å². The fourth-order valence-electron chi connectivity index (χ4n) is 2.04. The molecule has 1 N–H and O–H groups in total. The van der Waals surface area contributed by atoms with Gasteiger partial charge in [-0.3, -0.25) is 4.79 Å². The largest absolute Gasteiger partial charge is 0.481 e. The highest BCUT2D eigenvalue weighted by Crippen LogP contribution is 2.29. The Labute approximate surface area is 103 Å². The van der Waals surface area contributed by atoms with Crippen LogP contribution in [0.3, 0.4) is 0 Å². The number of fused-ring (bicyclic) bond motifs is 1. The van der Waals surface area contributed by atoms with Gasteiger partial charge in [-0.25, -0.2) is 0 Å². The lowest BCUT2D eigenvalue weighted by Gasteiger charge is -2.16. The Morgan fingerprint density at radius 1 is 1.39 bits per heavy atom. The van der Waals surface area contributed by atoms with Gasteiger partial charge in [0.25, 0.3) is 0 Å². The van der Waals surface area contributed by atoms with Gasteiger partial charge in [-0.15, -0.1) is 0 Å². The number of hydrogen-bond acceptors (Lipinski definition) is 2. The Kier molecular flexibility index (Phi) is 3.60. The van der Waals surface area contributed by atoms with E-state index in [9.17, 15) is 13.6 Å². The summed E-state index contributed by atoms with van der Waals surface area (Å²) in [6.45, 7) is -2.83. The van der Waals surface area contributed by atoms with Crippen molar-refractivity contribution in [3.05, 3.63) is 34.9 Å². The molecular weight excluding hydrogens is 242 g/mol. The first-order valence-electron chi connectivity index (χ1n) is 5.53. The number of carboxylic acid groups (broad SMARTS) is 1. The molecular formula is C13H12F2O3. The summed E-state index contributed by atoms with van der Waals surface area (Å²) in [6, 6.07) is 4.72. The second-order valence-corrected chi connectivity index (χ2v) is 4.11. The molecule has 0 heterocycles. The minimum Gasteiger partial charge on any atom is -0.481 e. The first-order valence-corrected chi connectivity index (χ1v) is 5.53. The van der Waals surface area contributed by atoms with E-state index in [1.807, 2.05) is 0 Å². The van der Waals surface area contributed by atoms with Gasteiger partial charge in [0.1, 0.15) is 5.75 Å². The molecule has 0 spiro atoms. The second-order valence-electron chi connectivity index (χ2n) is 4.11. The molecule has 0 atom stereocenters. The zero-order valence-electron chi connectivity index (χ0n) is 9.53. The summed E-state index contributed by atoms with van der Waals surface area (Å²) >= 11 is 0. The average Bonchev–Trinajstić information content (AvgIpc) is 2.27. The number of hydrogen-bond donors (Lipinski definition) is 1. The van der Waals surface area contributed by atoms with Crippen molar-refractivity contribution < 1.29 is 23.4 Å². The van der Waals surface area contributed by atoms with Crippen molar-refractivity contribution in [3.8, 4) is 5.75 Å². The van der Waals surface area contributed by atoms with E-state index < -0.39 is 12.6 Å². The van der Waals surface area contributed by atoms with Crippen molar-refractivity contribution in [1.82, 2.24) is 0 Å². The van der Waals surface area contributed by atoms with Crippen molar-refractivity contribution in [1.29, 1.82) is 0 Å². The molecule has 0 aliphatic heterocycles. The molecule has 3 nitrogen and oxygen atoms in total. The van der Waals surface area contributed by atoms with Crippen LogP contribution < -0.4 is 4.74 Å². The summed E-state index contributed by atoms with van der Waals surface area (Å²) in [5.41, 5.74) is 2.62. The molecule has 1 aliphatic rings. The summed E-state index contributed by atoms with van der Waals surface area (Å²) < 4.78 is 28.4. The van der Waals surface area contributed by atoms with Gasteiger partial charge < -0.3 is 9.84 Å². The molecule has 5 heteroatoms. The lowest BCUT2D eigenvalue weighted by Crippen LogP contribution is -2.06. The van der Waals surface area contributed by atoms with Crippen LogP contribution in [0.2, 0.25) is 0 Å². The molecule has 1 aromatic rings. The van der Waals surface area contributed by atoms with Gasteiger partial charge in [0.2, 0.25) is 0 Å². The number of ether oxygens (including phenoxy) is 1. The molecule has 0 fully saturated rings. The van der Waals surface area contributed by atoms with Crippen LogP contribution in [0.15, 0.2) is 23.8 Å². The van der Waals surface area contributed by atoms with Gasteiger partial charge in [0.05, 0.1) is 6.42 Å². The van der Waals surface area contributed by atoms with Gasteiger partial charge in [-0.2, -0.15) is 8.78 Å². The molecule has 18 heavy (non-hydrogen) atoms. The van der Waals surface area contributed by atoms with Crippen LogP contribution in [0.1, 0.15) is 24.0 Å². The molecule has 0 amide bonds. The zero-order chi connectivity index (χ0) is 13.1. The molecule has 1 aromatic carbocycles. The van der Waals surface area contributed by atoms with Crippen LogP contribution in [-0.4, -0.2) is 17.7 Å². The minimum absolute atomic E-state index is 0.0225. The second kappa shape index (κ2) is 5.16. The highest BCUT2D eigenvalue weighted by molar-refractivity contribution is 5.74. The summed E-state index contributed by atoms with van der Waals surface area (Å²) in [5.74, 6) is -0.721. The molecule has 0 radical (unpaired) electrons. The SMILES string of the molecule is O=C(O)CC1=Cc2ccc(OC(F)F)cc2CC1. The standard InChI is InChI=1S/C13H12F2O3/c14-13(15)18-11-4-3-9-5-8(6-12(16)17)1-2-10(9)7-11/h3-5,7,13H,1-2,6H2,(H,16,17). The van der Waals surface area contributed by atoms with E-state index >= 15 is 0 Å². The Morgan fingerprint density at radius 3 is 2.83 bits per heavy atom. The first-order chi connectivity index (χ1) is 8.54. The van der Waals surface area contributed by atoms with Crippen LogP contribution >= 0.6 is 0 Å². The molecule has 0 aromatic heterocycles. The third kappa shape index (κ3) is 3.06. The minimum atomic E-state index is -2.83. The normalized spacial score (nSPS) is 14.1. The predicted octanol–water partition coefficient (Wildman–Crippen LogP) is 3.09. The number of aliphatic carboxylic acids is 1. The smallest absolute Gasteiger partial charge is 0.387 e. The van der Waals surface area contributed by atoms with Gasteiger partial charge in [0.15, 0.2) is 0 Å². The predicted molar refractivity (Wildman–Crippen MR) is 61.6 cm³/mol. The highest BCUT2D eigenvalue weighted by atomic mass is 19.3. The first kappa shape index (κ1) is 12.5. The summed E-state index contributed by atoms with van der Waals surface area (Å²) in [6.07, 6.45) is 3.11. The Balaban J connectivity index is 2.19. The maximum Gasteiger partial charge on any atom is 0.387 e. The van der Waals surface area contributed by atoms with E-state index in [4.69, 9.17) is 5.11 Å². The summed E-state index contributed by atoms with van der Waals surface area (Å²) in [4.78, 5) is 10.6. The molecule has 0 saturated heterocycles. The fourth-order valence-corrected chi connectivity index (χ4v) is 2.04. The number of halogens is 2. The van der Waals surface area contributed by atoms with E-state index in [1.54, 1.807) is 18.2 Å². The molecule has 2 rings (SSSR count). The van der Waals surface area contributed by atoms with Crippen molar-refractivity contribution >= 4 is 12.0 Å². The maximum absolute atomic E-state index is 12.1. The van der Waals surface area contributed by atoms with Crippen molar-refractivity contribution in [3.63, 3.8) is 0 Å². The van der Waals surface area contributed by atoms with Crippen LogP contribution in [0.4, 0.5) is 8.78 Å². The average molecular weight is 254 g/mol. The van der Waals surface area contributed by atoms with Crippen molar-refractivity contribution in [2.75, 3.05) is 0 Å². The molecule has 1 aliphatic carbocycles. The van der Waals surface area contributed by atoms with Crippen LogP contribution in [0.5, 0.6) is 5.75 Å². The van der Waals surface area contributed by atoms with E-state index in [1.165, 1.54) is 6.07 Å². The third-order valence-electron chi connectivity index (χ3n) is 2.79. The fraction of sp³-hybridized carbons (Fsp3) is 0.308. The monoisotopic (exact) mass is 254 g/mol. The third-order valence-corrected chi connectivity index (χ3v) is 2.79. The Bertz CT molecular complexity index is 495. The molecule has 96 valence electrons. The van der Waals surface area contributed by atoms with Crippen molar-refractivity contribution in [2.24, 2.45) is 0 Å². The highest BCUT2D eigenvalue weighted by Gasteiger charge is 2.14. The quantitative estimate of drug-likeness (QED) is 0.898. The van der Waals surface area contributed by atoms with E-state index in [0.717, 1.165) is 16.7 Å². The van der Waals surface area contributed by atoms with Gasteiger partial charge in [-0.05, 0) is 36.1 Å². The van der Waals surface area contributed by atoms with Gasteiger partial charge >= 0.3 is 12.6 Å². The summed E-state index contributed by atoms with van der Waals surface area (Å²) in [5, 5.41) is 8.71. The van der Waals surface area contributed by atoms with Crippen LogP contribution in [-0.2, 0) is 11.2 Å². The topological polar surface area (TPSA) is 46.5 Å². The van der Waals surface area contributed by atoms with E-state index in [0.29, 0.717) is 12.8 Å². The van der Waals surface area contributed by atoms with E-state index in [2.05, 4.69) is 4.74 Å². The molecule has 0 bridgehead atoms. The van der Waals surface area contributed by atoms with Crippen LogP contribution in [0.25, 0.3) is 6.08 Å². The number of aryl methyl sites for hydroxylation is 1. The number of benzene rings is 1. The summed E-state index contributed by atoms with van der Waals surface area (Å²) in [7, 11) is 0. The molecule has 0 unspecified atom stereocenters. The lowest BCUT2D eigenvalue weighted by atomic mass is 9.91. The Morgan fingerprint density at radius 2 is 2.17 bits per heavy atom. The van der Waals surface area contributed by atoms with Gasteiger partial charge in [-0.1, -0.05) is 17.7 Å². The number of alkyl halides is 2. The molecule has 0 saturated carbocycles. The maximum atomic E-state index is 12.1. The number of carboxylic acids is 1. The van der Waals surface area contributed by atoms with Crippen LogP contribution in [0, 0.1) is 0 Å². The van der Waals surface area contributed by atoms with E-state index in [-0.39, 0.29) is 12.2 Å². The zero-order valence-corrected chi connectivity index (χ0v) is 9.53. The number of rotatable bonds is 4. The lowest BCUT2D eigenvalue weighted by molar-refractivity contribution is -0.136. The van der Waals surface area contributed by atoms with Crippen molar-refractivity contribution in [2.45, 2.75) is 25.9 Å².